The van der Waals surface area contributed by atoms with Gasteiger partial charge in [0, 0.05) is 44.7 Å². The Bertz CT molecular complexity index is 924. The Morgan fingerprint density at radius 1 is 1.13 bits per heavy atom. The molecule has 1 N–H and O–H groups in total. The van der Waals surface area contributed by atoms with Crippen LogP contribution >= 0.6 is 0 Å². The van der Waals surface area contributed by atoms with Crippen LogP contribution in [0.4, 0.5) is 5.95 Å². The van der Waals surface area contributed by atoms with Gasteiger partial charge in [0.2, 0.25) is 5.95 Å². The zero-order valence-electron chi connectivity index (χ0n) is 17.8. The Morgan fingerprint density at radius 2 is 1.93 bits per heavy atom. The monoisotopic (exact) mass is 414 g/mol. The minimum absolute atomic E-state index is 0.00826. The molecule has 30 heavy (non-hydrogen) atoms. The van der Waals surface area contributed by atoms with E-state index in [2.05, 4.69) is 20.9 Å². The van der Waals surface area contributed by atoms with Crippen LogP contribution in [0.1, 0.15) is 23.7 Å². The number of methoxy groups -OCH3 is 1. The summed E-state index contributed by atoms with van der Waals surface area (Å²) in [6.45, 7) is 7.90. The molecule has 2 aromatic rings. The maximum atomic E-state index is 12.7. The van der Waals surface area contributed by atoms with E-state index < -0.39 is 0 Å². The Morgan fingerprint density at radius 3 is 2.70 bits per heavy atom. The van der Waals surface area contributed by atoms with Gasteiger partial charge in [-0.05, 0) is 31.0 Å². The molecule has 2 aliphatic rings. The summed E-state index contributed by atoms with van der Waals surface area (Å²) in [6, 6.07) is 6.07. The van der Waals surface area contributed by atoms with E-state index in [0.717, 1.165) is 67.5 Å². The van der Waals surface area contributed by atoms with Gasteiger partial charge in [-0.3, -0.25) is 14.7 Å². The van der Waals surface area contributed by atoms with Crippen molar-refractivity contribution in [3.8, 4) is 11.5 Å². The Kier molecular flexibility index (Phi) is 6.54. The number of rotatable bonds is 6. The number of hydrogen-bond donors (Lipinski definition) is 1. The van der Waals surface area contributed by atoms with Crippen molar-refractivity contribution in [2.45, 2.75) is 26.3 Å². The van der Waals surface area contributed by atoms with Crippen LogP contribution < -0.4 is 19.9 Å². The summed E-state index contributed by atoms with van der Waals surface area (Å²) < 4.78 is 16.5. The van der Waals surface area contributed by atoms with Crippen molar-refractivity contribution in [3.63, 3.8) is 0 Å². The van der Waals surface area contributed by atoms with E-state index in [1.165, 1.54) is 0 Å². The zero-order valence-corrected chi connectivity index (χ0v) is 17.8. The third-order valence-electron chi connectivity index (χ3n) is 5.68. The van der Waals surface area contributed by atoms with Crippen molar-refractivity contribution in [2.75, 3.05) is 58.0 Å². The maximum Gasteiger partial charge on any atom is 0.255 e. The topological polar surface area (TPSA) is 79.9 Å². The van der Waals surface area contributed by atoms with Crippen LogP contribution in [0.25, 0.3) is 0 Å². The molecule has 0 unspecified atom stereocenters. The highest BCUT2D eigenvalue weighted by Gasteiger charge is 2.21. The average Bonchev–Trinajstić information content (AvgIpc) is 2.98. The van der Waals surface area contributed by atoms with Crippen molar-refractivity contribution < 1.29 is 14.2 Å². The van der Waals surface area contributed by atoms with Crippen LogP contribution in [0.3, 0.4) is 0 Å². The summed E-state index contributed by atoms with van der Waals surface area (Å²) in [4.78, 5) is 25.0. The van der Waals surface area contributed by atoms with Gasteiger partial charge in [0.05, 0.1) is 32.6 Å². The first-order valence-electron chi connectivity index (χ1n) is 10.6. The van der Waals surface area contributed by atoms with Crippen LogP contribution in [0.5, 0.6) is 11.5 Å². The van der Waals surface area contributed by atoms with Crippen LogP contribution in [-0.2, 0) is 24.1 Å². The molecule has 0 radical (unpaired) electrons. The molecule has 0 saturated carbocycles. The summed E-state index contributed by atoms with van der Waals surface area (Å²) in [5.74, 6) is 2.19. The minimum atomic E-state index is -0.00826. The smallest absolute Gasteiger partial charge is 0.255 e. The summed E-state index contributed by atoms with van der Waals surface area (Å²) >= 11 is 0. The molecule has 1 saturated heterocycles. The molecule has 1 aromatic carbocycles. The van der Waals surface area contributed by atoms with Crippen molar-refractivity contribution in [3.05, 3.63) is 45.4 Å². The number of H-pyrrole nitrogens is 1. The van der Waals surface area contributed by atoms with E-state index >= 15 is 0 Å². The third kappa shape index (κ3) is 4.60. The van der Waals surface area contributed by atoms with Gasteiger partial charge < -0.3 is 19.1 Å². The second-order valence-corrected chi connectivity index (χ2v) is 7.61. The summed E-state index contributed by atoms with van der Waals surface area (Å²) in [5, 5.41) is 0. The number of aromatic amines is 1. The van der Waals surface area contributed by atoms with Crippen LogP contribution in [0.15, 0.2) is 23.0 Å². The summed E-state index contributed by atoms with van der Waals surface area (Å²) in [5.41, 5.74) is 2.90. The van der Waals surface area contributed by atoms with Crippen LogP contribution in [-0.4, -0.2) is 68.0 Å². The molecule has 0 atom stereocenters. The van der Waals surface area contributed by atoms with Gasteiger partial charge in [0.25, 0.3) is 5.56 Å². The van der Waals surface area contributed by atoms with Crippen molar-refractivity contribution in [1.82, 2.24) is 14.9 Å². The van der Waals surface area contributed by atoms with Gasteiger partial charge >= 0.3 is 0 Å². The number of nitrogens with one attached hydrogen (secondary N) is 1. The second kappa shape index (κ2) is 9.49. The van der Waals surface area contributed by atoms with Gasteiger partial charge in [-0.1, -0.05) is 6.07 Å². The Balaban J connectivity index is 1.46. The van der Waals surface area contributed by atoms with Gasteiger partial charge in [-0.25, -0.2) is 4.98 Å². The molecular formula is C22H30N4O4. The Labute approximate surface area is 176 Å². The van der Waals surface area contributed by atoms with Crippen molar-refractivity contribution >= 4 is 5.95 Å². The van der Waals surface area contributed by atoms with E-state index in [4.69, 9.17) is 19.2 Å². The average molecular weight is 415 g/mol. The predicted molar refractivity (Wildman–Crippen MR) is 115 cm³/mol. The maximum absolute atomic E-state index is 12.7. The highest BCUT2D eigenvalue weighted by molar-refractivity contribution is 5.43. The molecule has 4 rings (SSSR count). The molecule has 2 aliphatic heterocycles. The molecule has 1 aromatic heterocycles. The molecule has 8 nitrogen and oxygen atoms in total. The van der Waals surface area contributed by atoms with E-state index in [1.54, 1.807) is 7.11 Å². The Hall–Kier alpha value is -2.58. The van der Waals surface area contributed by atoms with E-state index in [0.29, 0.717) is 32.2 Å². The van der Waals surface area contributed by atoms with Gasteiger partial charge in [0.15, 0.2) is 11.5 Å². The first-order valence-corrected chi connectivity index (χ1v) is 10.6. The molecule has 0 bridgehead atoms. The van der Waals surface area contributed by atoms with E-state index in [-0.39, 0.29) is 5.56 Å². The number of aromatic nitrogens is 2. The number of fused-ring (bicyclic) bond motifs is 1. The fourth-order valence-electron chi connectivity index (χ4n) is 4.07. The fourth-order valence-corrected chi connectivity index (χ4v) is 4.07. The lowest BCUT2D eigenvalue weighted by molar-refractivity contribution is 0.122. The lowest BCUT2D eigenvalue weighted by Crippen LogP contribution is -2.38. The van der Waals surface area contributed by atoms with Crippen LogP contribution in [0, 0.1) is 0 Å². The van der Waals surface area contributed by atoms with Crippen LogP contribution in [0.2, 0.25) is 0 Å². The van der Waals surface area contributed by atoms with Crippen molar-refractivity contribution in [1.29, 1.82) is 0 Å². The van der Waals surface area contributed by atoms with Gasteiger partial charge in [-0.2, -0.15) is 0 Å². The van der Waals surface area contributed by atoms with Gasteiger partial charge in [0.1, 0.15) is 0 Å². The number of ether oxygens (including phenoxy) is 3. The molecule has 0 amide bonds. The molecule has 8 heteroatoms. The molecule has 1 fully saturated rings. The zero-order chi connectivity index (χ0) is 20.9. The number of hydrogen-bond acceptors (Lipinski definition) is 7. The normalized spacial score (nSPS) is 17.3. The quantitative estimate of drug-likeness (QED) is 0.769. The second-order valence-electron chi connectivity index (χ2n) is 7.61. The molecule has 3 heterocycles. The SMILES string of the molecule is CCOc1ccc(CN2CCc3nc(N4CCOCC4)[nH]c(=O)c3CC2)cc1OC. The number of nitrogens with zero attached hydrogens (tertiary/aromatic N) is 3. The molecule has 0 spiro atoms. The fraction of sp³-hybridized carbons (Fsp3) is 0.545. The molecule has 0 aliphatic carbocycles. The largest absolute Gasteiger partial charge is 0.493 e. The van der Waals surface area contributed by atoms with E-state index in [9.17, 15) is 4.79 Å². The first-order chi connectivity index (χ1) is 14.7. The van der Waals surface area contributed by atoms with E-state index in [1.807, 2.05) is 19.1 Å². The third-order valence-corrected chi connectivity index (χ3v) is 5.68. The lowest BCUT2D eigenvalue weighted by Gasteiger charge is -2.27. The molecule has 162 valence electrons. The predicted octanol–water partition coefficient (Wildman–Crippen LogP) is 1.61. The lowest BCUT2D eigenvalue weighted by atomic mass is 10.1. The highest BCUT2D eigenvalue weighted by Crippen LogP contribution is 2.28. The van der Waals surface area contributed by atoms with Gasteiger partial charge in [-0.15, -0.1) is 0 Å². The minimum Gasteiger partial charge on any atom is -0.493 e. The molecular weight excluding hydrogens is 384 g/mol. The number of benzene rings is 1. The number of anilines is 1. The first kappa shape index (κ1) is 20.7. The van der Waals surface area contributed by atoms with Crippen molar-refractivity contribution in [2.24, 2.45) is 0 Å². The highest BCUT2D eigenvalue weighted by atomic mass is 16.5. The number of morpholine rings is 1. The summed E-state index contributed by atoms with van der Waals surface area (Å²) in [7, 11) is 1.66. The standard InChI is InChI=1S/C22H30N4O4/c1-3-30-19-5-4-16(14-20(19)28-2)15-25-8-6-17-18(7-9-25)23-22(24-21(17)27)26-10-12-29-13-11-26/h4-5,14H,3,6-13,15H2,1-2H3,(H,23,24,27). The summed E-state index contributed by atoms with van der Waals surface area (Å²) in [6.07, 6.45) is 1.47.